The van der Waals surface area contributed by atoms with Gasteiger partial charge < -0.3 is 4.74 Å². The van der Waals surface area contributed by atoms with Crippen LogP contribution >= 0.6 is 0 Å². The van der Waals surface area contributed by atoms with Gasteiger partial charge in [0.05, 0.1) is 13.2 Å². The zero-order valence-electron chi connectivity index (χ0n) is 13.7. The van der Waals surface area contributed by atoms with Crippen LogP contribution in [0.5, 0.6) is 0 Å². The van der Waals surface area contributed by atoms with Crippen LogP contribution < -0.4 is 0 Å². The lowest BCUT2D eigenvalue weighted by Crippen LogP contribution is -2.50. The molecular formula is C18H27FN2O. The van der Waals surface area contributed by atoms with Gasteiger partial charge in [-0.2, -0.15) is 0 Å². The van der Waals surface area contributed by atoms with E-state index < -0.39 is 0 Å². The number of ether oxygens (including phenoxy) is 1. The molecule has 1 aromatic rings. The summed E-state index contributed by atoms with van der Waals surface area (Å²) in [4.78, 5) is 5.05. The molecule has 1 atom stereocenters. The maximum Gasteiger partial charge on any atom is 0.123 e. The highest BCUT2D eigenvalue weighted by Gasteiger charge is 2.34. The summed E-state index contributed by atoms with van der Waals surface area (Å²) in [6.45, 7) is 11.9. The van der Waals surface area contributed by atoms with Crippen LogP contribution in [-0.4, -0.2) is 55.7 Å². The van der Waals surface area contributed by atoms with E-state index in [1.165, 1.54) is 12.0 Å². The Balaban J connectivity index is 1.56. The molecule has 2 fully saturated rings. The molecule has 3 rings (SSSR count). The van der Waals surface area contributed by atoms with E-state index in [1.54, 1.807) is 12.1 Å². The maximum atomic E-state index is 13.1. The van der Waals surface area contributed by atoms with Gasteiger partial charge in [-0.1, -0.05) is 26.0 Å². The van der Waals surface area contributed by atoms with Crippen molar-refractivity contribution >= 4 is 0 Å². The van der Waals surface area contributed by atoms with Crippen molar-refractivity contribution in [3.05, 3.63) is 35.6 Å². The quantitative estimate of drug-likeness (QED) is 0.832. The Bertz CT molecular complexity index is 482. The maximum absolute atomic E-state index is 13.1. The van der Waals surface area contributed by atoms with Crippen molar-refractivity contribution in [1.82, 2.24) is 9.80 Å². The van der Waals surface area contributed by atoms with Crippen molar-refractivity contribution in [2.45, 2.75) is 26.3 Å². The van der Waals surface area contributed by atoms with Crippen molar-refractivity contribution in [2.24, 2.45) is 5.41 Å². The highest BCUT2D eigenvalue weighted by Crippen LogP contribution is 2.36. The molecule has 22 heavy (non-hydrogen) atoms. The van der Waals surface area contributed by atoms with Crippen LogP contribution in [0.1, 0.15) is 31.9 Å². The molecule has 0 bridgehead atoms. The van der Waals surface area contributed by atoms with E-state index in [0.717, 1.165) is 45.9 Å². The van der Waals surface area contributed by atoms with Crippen molar-refractivity contribution in [3.63, 3.8) is 0 Å². The first-order valence-corrected chi connectivity index (χ1v) is 8.33. The number of likely N-dealkylation sites (tertiary alicyclic amines) is 1. The molecular weight excluding hydrogens is 279 g/mol. The Morgan fingerprint density at radius 3 is 2.36 bits per heavy atom. The zero-order chi connectivity index (χ0) is 15.6. The summed E-state index contributed by atoms with van der Waals surface area (Å²) in [6, 6.07) is 7.47. The second kappa shape index (κ2) is 6.65. The van der Waals surface area contributed by atoms with Crippen molar-refractivity contribution in [3.8, 4) is 0 Å². The van der Waals surface area contributed by atoms with E-state index in [2.05, 4.69) is 23.6 Å². The largest absolute Gasteiger partial charge is 0.379 e. The first-order valence-electron chi connectivity index (χ1n) is 8.33. The molecule has 0 aromatic heterocycles. The molecule has 2 aliphatic heterocycles. The van der Waals surface area contributed by atoms with Gasteiger partial charge in [0, 0.05) is 38.8 Å². The molecule has 0 unspecified atom stereocenters. The van der Waals surface area contributed by atoms with Crippen LogP contribution in [-0.2, 0) is 4.74 Å². The van der Waals surface area contributed by atoms with Crippen LogP contribution in [0.2, 0.25) is 0 Å². The van der Waals surface area contributed by atoms with Gasteiger partial charge >= 0.3 is 0 Å². The van der Waals surface area contributed by atoms with Crippen molar-refractivity contribution in [2.75, 3.05) is 45.9 Å². The topological polar surface area (TPSA) is 15.7 Å². The number of morpholine rings is 1. The Labute approximate surface area is 133 Å². The average Bonchev–Trinajstić information content (AvgIpc) is 2.47. The third-order valence-electron chi connectivity index (χ3n) is 4.77. The van der Waals surface area contributed by atoms with Gasteiger partial charge in [0.25, 0.3) is 0 Å². The fraction of sp³-hybridized carbons (Fsp3) is 0.667. The van der Waals surface area contributed by atoms with Crippen LogP contribution in [0.3, 0.4) is 0 Å². The molecule has 122 valence electrons. The first-order chi connectivity index (χ1) is 10.5. The number of rotatable bonds is 5. The molecule has 0 amide bonds. The van der Waals surface area contributed by atoms with Gasteiger partial charge in [-0.25, -0.2) is 4.39 Å². The summed E-state index contributed by atoms with van der Waals surface area (Å²) >= 11 is 0. The van der Waals surface area contributed by atoms with Gasteiger partial charge in [-0.05, 0) is 29.5 Å². The Kier molecular flexibility index (Phi) is 4.81. The number of halogens is 1. The summed E-state index contributed by atoms with van der Waals surface area (Å²) in [5, 5.41) is 0. The Morgan fingerprint density at radius 2 is 1.77 bits per heavy atom. The Hall–Kier alpha value is -0.970. The fourth-order valence-corrected chi connectivity index (χ4v) is 3.66. The van der Waals surface area contributed by atoms with Gasteiger partial charge in [0.1, 0.15) is 5.82 Å². The smallest absolute Gasteiger partial charge is 0.123 e. The zero-order valence-corrected chi connectivity index (χ0v) is 13.7. The first kappa shape index (κ1) is 15.9. The van der Waals surface area contributed by atoms with E-state index in [-0.39, 0.29) is 11.2 Å². The van der Waals surface area contributed by atoms with E-state index in [9.17, 15) is 4.39 Å². The van der Waals surface area contributed by atoms with Crippen LogP contribution in [0.25, 0.3) is 0 Å². The molecule has 0 spiro atoms. The van der Waals surface area contributed by atoms with E-state index in [4.69, 9.17) is 4.74 Å². The SMILES string of the molecule is CC(C)(CN1CCOCC1)CN1CC[C@H]1c1ccc(F)cc1. The normalized spacial score (nSPS) is 24.2. The molecule has 4 heteroatoms. The number of nitrogens with zero attached hydrogens (tertiary/aromatic N) is 2. The minimum absolute atomic E-state index is 0.151. The number of hydrogen-bond acceptors (Lipinski definition) is 3. The van der Waals surface area contributed by atoms with Gasteiger partial charge in [-0.15, -0.1) is 0 Å². The van der Waals surface area contributed by atoms with Crippen molar-refractivity contribution in [1.29, 1.82) is 0 Å². The molecule has 0 N–H and O–H groups in total. The summed E-state index contributed by atoms with van der Waals surface area (Å²) in [5.74, 6) is -0.151. The lowest BCUT2D eigenvalue weighted by atomic mass is 9.86. The second-order valence-corrected chi connectivity index (χ2v) is 7.38. The van der Waals surface area contributed by atoms with Crippen molar-refractivity contribution < 1.29 is 9.13 Å². The van der Waals surface area contributed by atoms with Gasteiger partial charge in [0.2, 0.25) is 0 Å². The minimum Gasteiger partial charge on any atom is -0.379 e. The third kappa shape index (κ3) is 3.86. The summed E-state index contributed by atoms with van der Waals surface area (Å²) < 4.78 is 18.5. The van der Waals surface area contributed by atoms with Gasteiger partial charge in [0.15, 0.2) is 0 Å². The summed E-state index contributed by atoms with van der Waals surface area (Å²) in [6.07, 6.45) is 1.18. The molecule has 0 radical (unpaired) electrons. The molecule has 2 saturated heterocycles. The van der Waals surface area contributed by atoms with E-state index in [1.807, 2.05) is 12.1 Å². The molecule has 0 saturated carbocycles. The molecule has 2 heterocycles. The van der Waals surface area contributed by atoms with Crippen LogP contribution in [0, 0.1) is 11.2 Å². The lowest BCUT2D eigenvalue weighted by molar-refractivity contribution is -0.00251. The molecule has 1 aromatic carbocycles. The number of benzene rings is 1. The molecule has 2 aliphatic rings. The second-order valence-electron chi connectivity index (χ2n) is 7.38. The summed E-state index contributed by atoms with van der Waals surface area (Å²) in [7, 11) is 0. The predicted octanol–water partition coefficient (Wildman–Crippen LogP) is 2.93. The van der Waals surface area contributed by atoms with E-state index in [0.29, 0.717) is 6.04 Å². The standard InChI is InChI=1S/C18H27FN2O/c1-18(2,13-20-9-11-22-12-10-20)14-21-8-7-17(21)15-3-5-16(19)6-4-15/h3-6,17H,7-14H2,1-2H3/t17-/m0/s1. The monoisotopic (exact) mass is 306 g/mol. The Morgan fingerprint density at radius 1 is 1.09 bits per heavy atom. The highest BCUT2D eigenvalue weighted by molar-refractivity contribution is 5.22. The minimum atomic E-state index is -0.151. The average molecular weight is 306 g/mol. The highest BCUT2D eigenvalue weighted by atomic mass is 19.1. The van der Waals surface area contributed by atoms with Crippen LogP contribution in [0.4, 0.5) is 4.39 Å². The van der Waals surface area contributed by atoms with E-state index >= 15 is 0 Å². The van der Waals surface area contributed by atoms with Gasteiger partial charge in [-0.3, -0.25) is 9.80 Å². The lowest BCUT2D eigenvalue weighted by Gasteiger charge is -2.46. The number of hydrogen-bond donors (Lipinski definition) is 0. The van der Waals surface area contributed by atoms with Crippen LogP contribution in [0.15, 0.2) is 24.3 Å². The predicted molar refractivity (Wildman–Crippen MR) is 86.4 cm³/mol. The molecule has 3 nitrogen and oxygen atoms in total. The third-order valence-corrected chi connectivity index (χ3v) is 4.77. The fourth-order valence-electron chi connectivity index (χ4n) is 3.66. The molecule has 0 aliphatic carbocycles. The summed E-state index contributed by atoms with van der Waals surface area (Å²) in [5.41, 5.74) is 1.51.